The summed E-state index contributed by atoms with van der Waals surface area (Å²) in [6, 6.07) is 3.54. The Morgan fingerprint density at radius 3 is 2.45 bits per heavy atom. The van der Waals surface area contributed by atoms with E-state index in [0.29, 0.717) is 25.3 Å². The van der Waals surface area contributed by atoms with Crippen LogP contribution in [0, 0.1) is 0 Å². The maximum Gasteiger partial charge on any atom is 0.239 e. The van der Waals surface area contributed by atoms with E-state index in [4.69, 9.17) is 15.2 Å². The summed E-state index contributed by atoms with van der Waals surface area (Å²) >= 11 is 0. The average Bonchev–Trinajstić information content (AvgIpc) is 2.51. The number of hydrogen-bond donors (Lipinski definition) is 1. The van der Waals surface area contributed by atoms with Gasteiger partial charge in [0.1, 0.15) is 0 Å². The molecule has 2 rings (SSSR count). The van der Waals surface area contributed by atoms with Crippen LogP contribution in [0.1, 0.15) is 24.5 Å². The molecule has 110 valence electrons. The van der Waals surface area contributed by atoms with E-state index in [9.17, 15) is 4.79 Å². The van der Waals surface area contributed by atoms with Gasteiger partial charge in [0.2, 0.25) is 5.91 Å². The number of rotatable bonds is 4. The fourth-order valence-corrected chi connectivity index (χ4v) is 2.48. The Kier molecular flexibility index (Phi) is 4.49. The standard InChI is InChI=1S/C15H22N2O3/c1-4-12(16)15(18)17-6-5-10-7-13(19-2)14(20-3)8-11(10)9-17/h7-8,12H,4-6,9,16H2,1-3H3/t12-/m0/s1. The highest BCUT2D eigenvalue weighted by Crippen LogP contribution is 2.33. The first kappa shape index (κ1) is 14.7. The van der Waals surface area contributed by atoms with Gasteiger partial charge >= 0.3 is 0 Å². The van der Waals surface area contributed by atoms with Crippen molar-refractivity contribution in [3.05, 3.63) is 23.3 Å². The van der Waals surface area contributed by atoms with E-state index in [1.165, 1.54) is 5.56 Å². The van der Waals surface area contributed by atoms with Gasteiger partial charge in [0.05, 0.1) is 20.3 Å². The quantitative estimate of drug-likeness (QED) is 0.902. The minimum Gasteiger partial charge on any atom is -0.493 e. The molecule has 0 unspecified atom stereocenters. The fourth-order valence-electron chi connectivity index (χ4n) is 2.48. The van der Waals surface area contributed by atoms with Crippen molar-refractivity contribution in [1.82, 2.24) is 4.90 Å². The van der Waals surface area contributed by atoms with E-state index in [1.54, 1.807) is 14.2 Å². The molecule has 0 radical (unpaired) electrons. The van der Waals surface area contributed by atoms with Crippen molar-refractivity contribution in [1.29, 1.82) is 0 Å². The van der Waals surface area contributed by atoms with Crippen LogP contribution in [-0.2, 0) is 17.8 Å². The number of nitrogens with two attached hydrogens (primary N) is 1. The second-order valence-electron chi connectivity index (χ2n) is 5.00. The van der Waals surface area contributed by atoms with Crippen LogP contribution in [0.2, 0.25) is 0 Å². The molecule has 0 saturated carbocycles. The number of benzene rings is 1. The van der Waals surface area contributed by atoms with Crippen molar-refractivity contribution in [3.63, 3.8) is 0 Å². The lowest BCUT2D eigenvalue weighted by molar-refractivity contribution is -0.133. The molecule has 2 N–H and O–H groups in total. The Hall–Kier alpha value is -1.75. The van der Waals surface area contributed by atoms with Crippen molar-refractivity contribution in [2.75, 3.05) is 20.8 Å². The summed E-state index contributed by atoms with van der Waals surface area (Å²) in [7, 11) is 3.24. The van der Waals surface area contributed by atoms with E-state index in [2.05, 4.69) is 0 Å². The first-order valence-corrected chi connectivity index (χ1v) is 6.88. The van der Waals surface area contributed by atoms with Gasteiger partial charge in [0, 0.05) is 13.1 Å². The van der Waals surface area contributed by atoms with E-state index in [1.807, 2.05) is 24.0 Å². The number of methoxy groups -OCH3 is 2. The molecule has 1 aliphatic heterocycles. The second kappa shape index (κ2) is 6.13. The number of carbonyl (C=O) groups is 1. The molecule has 1 amide bonds. The molecule has 0 bridgehead atoms. The summed E-state index contributed by atoms with van der Waals surface area (Å²) in [6.07, 6.45) is 1.48. The molecule has 1 aromatic rings. The molecule has 1 aromatic carbocycles. The van der Waals surface area contributed by atoms with Crippen LogP contribution < -0.4 is 15.2 Å². The van der Waals surface area contributed by atoms with Gasteiger partial charge in [-0.1, -0.05) is 6.92 Å². The molecule has 5 heteroatoms. The van der Waals surface area contributed by atoms with E-state index >= 15 is 0 Å². The zero-order chi connectivity index (χ0) is 14.7. The highest BCUT2D eigenvalue weighted by Gasteiger charge is 2.25. The zero-order valence-corrected chi connectivity index (χ0v) is 12.3. The Morgan fingerprint density at radius 1 is 1.30 bits per heavy atom. The smallest absolute Gasteiger partial charge is 0.239 e. The van der Waals surface area contributed by atoms with Crippen LogP contribution >= 0.6 is 0 Å². The molecule has 0 aliphatic carbocycles. The Labute approximate surface area is 119 Å². The SMILES string of the molecule is CC[C@H](N)C(=O)N1CCc2cc(OC)c(OC)cc2C1. The van der Waals surface area contributed by atoms with E-state index < -0.39 is 6.04 Å². The third kappa shape index (κ3) is 2.72. The summed E-state index contributed by atoms with van der Waals surface area (Å²) < 4.78 is 10.6. The van der Waals surface area contributed by atoms with Crippen molar-refractivity contribution in [2.24, 2.45) is 5.73 Å². The zero-order valence-electron chi connectivity index (χ0n) is 12.3. The number of fused-ring (bicyclic) bond motifs is 1. The largest absolute Gasteiger partial charge is 0.493 e. The first-order chi connectivity index (χ1) is 9.60. The van der Waals surface area contributed by atoms with Crippen LogP contribution in [0.15, 0.2) is 12.1 Å². The number of hydrogen-bond acceptors (Lipinski definition) is 4. The maximum absolute atomic E-state index is 12.2. The summed E-state index contributed by atoms with van der Waals surface area (Å²) in [5.41, 5.74) is 8.14. The van der Waals surface area contributed by atoms with Gasteiger partial charge in [-0.15, -0.1) is 0 Å². The normalized spacial score (nSPS) is 15.5. The van der Waals surface area contributed by atoms with Crippen molar-refractivity contribution in [3.8, 4) is 11.5 Å². The fraction of sp³-hybridized carbons (Fsp3) is 0.533. The van der Waals surface area contributed by atoms with Crippen LogP contribution in [-0.4, -0.2) is 37.6 Å². The van der Waals surface area contributed by atoms with Crippen LogP contribution in [0.5, 0.6) is 11.5 Å². The molecule has 20 heavy (non-hydrogen) atoms. The first-order valence-electron chi connectivity index (χ1n) is 6.88. The third-order valence-corrected chi connectivity index (χ3v) is 3.79. The van der Waals surface area contributed by atoms with Gasteiger partial charge in [-0.2, -0.15) is 0 Å². The molecule has 0 spiro atoms. The summed E-state index contributed by atoms with van der Waals surface area (Å²) in [6.45, 7) is 3.21. The molecule has 1 heterocycles. The Bertz CT molecular complexity index is 502. The predicted octanol–water partition coefficient (Wildman–Crippen LogP) is 1.33. The third-order valence-electron chi connectivity index (χ3n) is 3.79. The lowest BCUT2D eigenvalue weighted by Crippen LogP contribution is -2.45. The van der Waals surface area contributed by atoms with Gasteiger partial charge in [-0.25, -0.2) is 0 Å². The van der Waals surface area contributed by atoms with Crippen molar-refractivity contribution >= 4 is 5.91 Å². The molecule has 0 aromatic heterocycles. The number of amides is 1. The summed E-state index contributed by atoms with van der Waals surface area (Å²) in [5, 5.41) is 0. The molecular formula is C15H22N2O3. The molecular weight excluding hydrogens is 256 g/mol. The highest BCUT2D eigenvalue weighted by molar-refractivity contribution is 5.81. The lowest BCUT2D eigenvalue weighted by Gasteiger charge is -2.31. The molecule has 1 aliphatic rings. The van der Waals surface area contributed by atoms with Gasteiger partial charge in [-0.3, -0.25) is 4.79 Å². The summed E-state index contributed by atoms with van der Waals surface area (Å²) in [5.74, 6) is 1.45. The number of carbonyl (C=O) groups excluding carboxylic acids is 1. The molecule has 0 saturated heterocycles. The topological polar surface area (TPSA) is 64.8 Å². The highest BCUT2D eigenvalue weighted by atomic mass is 16.5. The maximum atomic E-state index is 12.2. The lowest BCUT2D eigenvalue weighted by atomic mass is 9.98. The Balaban J connectivity index is 2.23. The van der Waals surface area contributed by atoms with Crippen molar-refractivity contribution < 1.29 is 14.3 Å². The van der Waals surface area contributed by atoms with Crippen LogP contribution in [0.4, 0.5) is 0 Å². The molecule has 0 fully saturated rings. The van der Waals surface area contributed by atoms with Crippen LogP contribution in [0.3, 0.4) is 0 Å². The van der Waals surface area contributed by atoms with Gasteiger partial charge < -0.3 is 20.1 Å². The number of ether oxygens (including phenoxy) is 2. The predicted molar refractivity (Wildman–Crippen MR) is 76.9 cm³/mol. The van der Waals surface area contributed by atoms with E-state index in [-0.39, 0.29) is 5.91 Å². The molecule has 5 nitrogen and oxygen atoms in total. The Morgan fingerprint density at radius 2 is 1.90 bits per heavy atom. The minimum atomic E-state index is -0.406. The van der Waals surface area contributed by atoms with Gasteiger partial charge in [0.25, 0.3) is 0 Å². The van der Waals surface area contributed by atoms with Crippen molar-refractivity contribution in [2.45, 2.75) is 32.4 Å². The van der Waals surface area contributed by atoms with E-state index in [0.717, 1.165) is 17.7 Å². The summed E-state index contributed by atoms with van der Waals surface area (Å²) in [4.78, 5) is 14.0. The van der Waals surface area contributed by atoms with Gasteiger partial charge in [0.15, 0.2) is 11.5 Å². The van der Waals surface area contributed by atoms with Crippen LogP contribution in [0.25, 0.3) is 0 Å². The average molecular weight is 278 g/mol. The second-order valence-corrected chi connectivity index (χ2v) is 5.00. The minimum absolute atomic E-state index is 0.0212. The number of nitrogens with zero attached hydrogens (tertiary/aromatic N) is 1. The van der Waals surface area contributed by atoms with Gasteiger partial charge in [-0.05, 0) is 36.1 Å². The monoisotopic (exact) mass is 278 g/mol. The molecule has 1 atom stereocenters.